The number of amides is 1. The lowest BCUT2D eigenvalue weighted by atomic mass is 9.77. The molecule has 0 radical (unpaired) electrons. The average molecular weight is 746 g/mol. The number of halogens is 2. The fourth-order valence-corrected chi connectivity index (χ4v) is 10.5. The Balaban J connectivity index is 0.977. The minimum absolute atomic E-state index is 0.233. The van der Waals surface area contributed by atoms with Crippen LogP contribution in [-0.4, -0.2) is 66.6 Å². The van der Waals surface area contributed by atoms with Crippen LogP contribution in [0.25, 0.3) is 21.5 Å². The number of benzene rings is 2. The number of anilines is 1. The fourth-order valence-electron chi connectivity index (χ4n) is 7.52. The number of nitrogens with one attached hydrogen (secondary N) is 2. The van der Waals surface area contributed by atoms with Crippen molar-refractivity contribution in [3.05, 3.63) is 57.3 Å². The van der Waals surface area contributed by atoms with Gasteiger partial charge in [-0.05, 0) is 76.1 Å². The predicted molar refractivity (Wildman–Crippen MR) is 191 cm³/mol. The van der Waals surface area contributed by atoms with Crippen molar-refractivity contribution < 1.29 is 22.5 Å². The number of hydrogen-bond acceptors (Lipinski definition) is 10. The number of rotatable bonds is 11. The second kappa shape index (κ2) is 13.3. The van der Waals surface area contributed by atoms with Crippen LogP contribution in [0, 0.1) is 0 Å². The maximum Gasteiger partial charge on any atom is 0.304 e. The van der Waals surface area contributed by atoms with Crippen molar-refractivity contribution in [3.63, 3.8) is 0 Å². The Morgan fingerprint density at radius 2 is 1.82 bits per heavy atom. The quantitative estimate of drug-likeness (QED) is 0.169. The van der Waals surface area contributed by atoms with E-state index in [1.54, 1.807) is 12.1 Å². The molecule has 5 fully saturated rings. The maximum absolute atomic E-state index is 13.2. The van der Waals surface area contributed by atoms with Crippen molar-refractivity contribution in [3.8, 4) is 17.0 Å². The van der Waals surface area contributed by atoms with Gasteiger partial charge in [0, 0.05) is 60.4 Å². The van der Waals surface area contributed by atoms with Gasteiger partial charge in [0.2, 0.25) is 0 Å². The van der Waals surface area contributed by atoms with E-state index in [4.69, 9.17) is 37.4 Å². The molecule has 49 heavy (non-hydrogen) atoms. The lowest BCUT2D eigenvalue weighted by Crippen LogP contribution is -2.64. The number of nitrogens with zero attached hydrogens (tertiary/aromatic N) is 4. The number of thiazole rings is 1. The summed E-state index contributed by atoms with van der Waals surface area (Å²) in [5.74, 6) is 1.12. The summed E-state index contributed by atoms with van der Waals surface area (Å²) in [4.78, 5) is 20.6. The molecule has 5 heterocycles. The van der Waals surface area contributed by atoms with Crippen molar-refractivity contribution in [2.24, 2.45) is 0 Å². The van der Waals surface area contributed by atoms with Crippen LogP contribution in [0.3, 0.4) is 0 Å². The predicted octanol–water partition coefficient (Wildman–Crippen LogP) is 6.89. The Hall–Kier alpha value is -2.94. The second-order valence-corrected chi connectivity index (χ2v) is 16.9. The highest BCUT2D eigenvalue weighted by molar-refractivity contribution is 7.87. The molecule has 5 aliphatic rings. The van der Waals surface area contributed by atoms with Gasteiger partial charge in [-0.15, -0.1) is 0 Å². The van der Waals surface area contributed by atoms with Crippen LogP contribution >= 0.6 is 34.5 Å². The van der Waals surface area contributed by atoms with Gasteiger partial charge in [-0.2, -0.15) is 12.7 Å². The van der Waals surface area contributed by atoms with Crippen molar-refractivity contribution in [1.82, 2.24) is 24.5 Å². The monoisotopic (exact) mass is 744 g/mol. The number of aromatic nitrogens is 2. The SMILES string of the molecule is CCOc1cc(C(=O)NS(=O)(=O)N2CCCCC2)cc2sc(N3C4CC(NCc5c(-c6c(Cl)cccc6Cl)noc5C5CC5)CC3C4)nc12. The normalized spacial score (nSPS) is 22.7. The minimum atomic E-state index is -3.93. The van der Waals surface area contributed by atoms with Gasteiger partial charge in [0.25, 0.3) is 5.91 Å². The van der Waals surface area contributed by atoms with Gasteiger partial charge in [0.05, 0.1) is 21.4 Å². The van der Waals surface area contributed by atoms with Crippen LogP contribution in [0.4, 0.5) is 5.13 Å². The first kappa shape index (κ1) is 33.2. The summed E-state index contributed by atoms with van der Waals surface area (Å²) in [5, 5.41) is 10.2. The van der Waals surface area contributed by atoms with Gasteiger partial charge in [0.1, 0.15) is 22.7 Å². The average Bonchev–Trinajstić information content (AvgIpc) is 3.71. The third-order valence-corrected chi connectivity index (χ3v) is 13.2. The first-order valence-electron chi connectivity index (χ1n) is 17.0. The Kier molecular flexibility index (Phi) is 9.02. The zero-order valence-corrected chi connectivity index (χ0v) is 30.2. The van der Waals surface area contributed by atoms with Crippen molar-refractivity contribution >= 4 is 66.0 Å². The molecule has 9 rings (SSSR count). The Morgan fingerprint density at radius 3 is 2.51 bits per heavy atom. The third kappa shape index (κ3) is 6.42. The van der Waals surface area contributed by atoms with Crippen LogP contribution in [0.5, 0.6) is 5.75 Å². The van der Waals surface area contributed by atoms with E-state index in [9.17, 15) is 13.2 Å². The highest BCUT2D eigenvalue weighted by Crippen LogP contribution is 2.48. The maximum atomic E-state index is 13.2. The molecule has 1 amide bonds. The van der Waals surface area contributed by atoms with Crippen molar-refractivity contribution in [2.45, 2.75) is 88.9 Å². The second-order valence-electron chi connectivity index (χ2n) is 13.4. The summed E-state index contributed by atoms with van der Waals surface area (Å²) in [5.41, 5.74) is 3.37. The van der Waals surface area contributed by atoms with Crippen LogP contribution in [0.2, 0.25) is 10.0 Å². The van der Waals surface area contributed by atoms with E-state index in [-0.39, 0.29) is 5.56 Å². The zero-order chi connectivity index (χ0) is 33.9. The Morgan fingerprint density at radius 1 is 1.08 bits per heavy atom. The molecule has 11 nitrogen and oxygen atoms in total. The van der Waals surface area contributed by atoms with Gasteiger partial charge in [-0.3, -0.25) is 4.79 Å². The summed E-state index contributed by atoms with van der Waals surface area (Å²) >= 11 is 14.7. The molecule has 0 spiro atoms. The zero-order valence-electron chi connectivity index (χ0n) is 27.1. The van der Waals surface area contributed by atoms with Gasteiger partial charge >= 0.3 is 10.2 Å². The number of fused-ring (bicyclic) bond motifs is 3. The molecule has 2 unspecified atom stereocenters. The number of carbonyl (C=O) groups excluding carboxylic acids is 1. The van der Waals surface area contributed by atoms with Crippen LogP contribution in [0.15, 0.2) is 34.9 Å². The number of hydrogen-bond donors (Lipinski definition) is 2. The van der Waals surface area contributed by atoms with E-state index in [0.29, 0.717) is 82.9 Å². The molecule has 4 aromatic rings. The molecule has 2 saturated carbocycles. The third-order valence-electron chi connectivity index (χ3n) is 10.1. The Labute approximate surface area is 299 Å². The molecule has 2 aromatic carbocycles. The van der Waals surface area contributed by atoms with E-state index in [2.05, 4.69) is 20.1 Å². The van der Waals surface area contributed by atoms with Gasteiger partial charge in [-0.1, -0.05) is 52.2 Å². The summed E-state index contributed by atoms with van der Waals surface area (Å²) in [7, 11) is -3.93. The van der Waals surface area contributed by atoms with Gasteiger partial charge in [-0.25, -0.2) is 9.71 Å². The van der Waals surface area contributed by atoms with E-state index in [1.165, 1.54) is 15.6 Å². The summed E-state index contributed by atoms with van der Waals surface area (Å²) < 4.78 is 42.0. The first-order valence-corrected chi connectivity index (χ1v) is 20.1. The van der Waals surface area contributed by atoms with E-state index >= 15 is 0 Å². The highest BCUT2D eigenvalue weighted by atomic mass is 35.5. The van der Waals surface area contributed by atoms with E-state index in [1.807, 2.05) is 25.1 Å². The lowest BCUT2D eigenvalue weighted by molar-refractivity contribution is 0.0978. The van der Waals surface area contributed by atoms with Crippen LogP contribution < -0.4 is 19.7 Å². The summed E-state index contributed by atoms with van der Waals surface area (Å²) in [6, 6.07) is 9.76. The Bertz CT molecular complexity index is 1980. The lowest BCUT2D eigenvalue weighted by Gasteiger charge is -2.55. The number of piperidine rings is 2. The van der Waals surface area contributed by atoms with Gasteiger partial charge < -0.3 is 19.5 Å². The number of carbonyl (C=O) groups is 1. The molecular formula is C34H38Cl2N6O5S2. The molecule has 2 atom stereocenters. The van der Waals surface area contributed by atoms with Crippen LogP contribution in [0.1, 0.15) is 85.9 Å². The van der Waals surface area contributed by atoms with E-state index < -0.39 is 16.1 Å². The number of ether oxygens (including phenoxy) is 1. The molecule has 2 bridgehead atoms. The standard InChI is InChI=1S/C34H38Cl2N6O5S2/c1-2-46-27-13-20(33(43)40-49(44,45)41-11-4-3-5-12-41)14-28-31(27)38-34(48-28)42-22-15-21(16-23(42)17-22)37-18-24-30(39-47-32(24)19-9-10-19)29-25(35)7-6-8-26(29)36/h6-8,13-14,19,21-23,37H,2-5,9-12,15-18H2,1H3,(H,40,43). The molecule has 3 aliphatic heterocycles. The molecular weight excluding hydrogens is 707 g/mol. The van der Waals surface area contributed by atoms with E-state index in [0.717, 1.165) is 72.5 Å². The smallest absolute Gasteiger partial charge is 0.304 e. The largest absolute Gasteiger partial charge is 0.492 e. The first-order chi connectivity index (χ1) is 23.7. The minimum Gasteiger partial charge on any atom is -0.492 e. The van der Waals surface area contributed by atoms with Crippen LogP contribution in [-0.2, 0) is 16.8 Å². The molecule has 2 aromatic heterocycles. The fraction of sp³-hybridized carbons (Fsp3) is 0.500. The molecule has 2 N–H and O–H groups in total. The summed E-state index contributed by atoms with van der Waals surface area (Å²) in [6.07, 6.45) is 7.76. The summed E-state index contributed by atoms with van der Waals surface area (Å²) in [6.45, 7) is 3.71. The molecule has 2 aliphatic carbocycles. The molecule has 15 heteroatoms. The topological polar surface area (TPSA) is 130 Å². The molecule has 3 saturated heterocycles. The molecule has 260 valence electrons. The van der Waals surface area contributed by atoms with Crippen molar-refractivity contribution in [1.29, 1.82) is 0 Å². The highest BCUT2D eigenvalue weighted by Gasteiger charge is 2.47. The van der Waals surface area contributed by atoms with Crippen molar-refractivity contribution in [2.75, 3.05) is 24.6 Å². The van der Waals surface area contributed by atoms with Gasteiger partial charge in [0.15, 0.2) is 5.13 Å².